The summed E-state index contributed by atoms with van der Waals surface area (Å²) in [6.07, 6.45) is 1.05. The highest BCUT2D eigenvalue weighted by Crippen LogP contribution is 2.36. The maximum absolute atomic E-state index is 12.8. The molecule has 0 aliphatic carbocycles. The van der Waals surface area contributed by atoms with Gasteiger partial charge in [0.2, 0.25) is 0 Å². The van der Waals surface area contributed by atoms with Gasteiger partial charge in [-0.15, -0.1) is 0 Å². The van der Waals surface area contributed by atoms with Gasteiger partial charge in [-0.25, -0.2) is 0 Å². The molecule has 0 saturated heterocycles. The molecule has 26 heavy (non-hydrogen) atoms. The van der Waals surface area contributed by atoms with Gasteiger partial charge in [0.05, 0.1) is 5.92 Å². The van der Waals surface area contributed by atoms with E-state index in [0.29, 0.717) is 28.9 Å². The van der Waals surface area contributed by atoms with E-state index in [2.05, 4.69) is 20.9 Å². The second kappa shape index (κ2) is 7.64. The van der Waals surface area contributed by atoms with Crippen molar-refractivity contribution in [2.45, 2.75) is 25.7 Å². The molecule has 6 heteroatoms. The lowest BCUT2D eigenvalue weighted by Gasteiger charge is -2.18. The SMILES string of the molecule is CCCC(C(=O)O)c1c(-c2ccc(Cl)cc2)c2cc(Br)ccc2[nH]c1=O. The van der Waals surface area contributed by atoms with Gasteiger partial charge >= 0.3 is 5.97 Å². The lowest BCUT2D eigenvalue weighted by Crippen LogP contribution is -2.23. The number of aromatic nitrogens is 1. The number of halogens is 2. The fourth-order valence-electron chi connectivity index (χ4n) is 3.22. The van der Waals surface area contributed by atoms with Crippen molar-refractivity contribution in [3.05, 3.63) is 67.9 Å². The minimum Gasteiger partial charge on any atom is -0.481 e. The first-order valence-electron chi connectivity index (χ1n) is 8.26. The molecule has 1 unspecified atom stereocenters. The van der Waals surface area contributed by atoms with Crippen LogP contribution in [-0.4, -0.2) is 16.1 Å². The molecule has 0 radical (unpaired) electrons. The number of carbonyl (C=O) groups is 1. The van der Waals surface area contributed by atoms with Crippen LogP contribution in [0.15, 0.2) is 51.7 Å². The standard InChI is InChI=1S/C20H17BrClNO3/c1-2-3-14(20(25)26)18-17(11-4-7-13(22)8-5-11)15-10-12(21)6-9-16(15)23-19(18)24/h4-10,14H,2-3H2,1H3,(H,23,24)(H,25,26). The van der Waals surface area contributed by atoms with Crippen LogP contribution in [0.4, 0.5) is 0 Å². The molecule has 4 nitrogen and oxygen atoms in total. The quantitative estimate of drug-likeness (QED) is 0.551. The topological polar surface area (TPSA) is 70.2 Å². The van der Waals surface area contributed by atoms with Crippen molar-refractivity contribution >= 4 is 44.4 Å². The Kier molecular flexibility index (Phi) is 5.49. The molecule has 0 bridgehead atoms. The number of carboxylic acids is 1. The molecular formula is C20H17BrClNO3. The van der Waals surface area contributed by atoms with Crippen LogP contribution in [0.3, 0.4) is 0 Å². The number of H-pyrrole nitrogens is 1. The Morgan fingerprint density at radius 3 is 2.54 bits per heavy atom. The van der Waals surface area contributed by atoms with Gasteiger partial charge in [0.15, 0.2) is 0 Å². The van der Waals surface area contributed by atoms with Crippen LogP contribution in [0.1, 0.15) is 31.2 Å². The molecule has 1 atom stereocenters. The summed E-state index contributed by atoms with van der Waals surface area (Å²) in [4.78, 5) is 27.6. The van der Waals surface area contributed by atoms with Crippen molar-refractivity contribution in [3.63, 3.8) is 0 Å². The summed E-state index contributed by atoms with van der Waals surface area (Å²) < 4.78 is 0.848. The largest absolute Gasteiger partial charge is 0.481 e. The minimum absolute atomic E-state index is 0.285. The van der Waals surface area contributed by atoms with Gasteiger partial charge in [-0.2, -0.15) is 0 Å². The number of nitrogens with one attached hydrogen (secondary N) is 1. The Hall–Kier alpha value is -2.11. The van der Waals surface area contributed by atoms with E-state index in [4.69, 9.17) is 11.6 Å². The second-order valence-electron chi connectivity index (χ2n) is 6.12. The van der Waals surface area contributed by atoms with Gasteiger partial charge in [0, 0.05) is 31.5 Å². The average Bonchev–Trinajstić information content (AvgIpc) is 2.60. The van der Waals surface area contributed by atoms with Gasteiger partial charge in [0.1, 0.15) is 0 Å². The maximum Gasteiger partial charge on any atom is 0.311 e. The number of rotatable bonds is 5. The van der Waals surface area contributed by atoms with Crippen LogP contribution < -0.4 is 5.56 Å². The van der Waals surface area contributed by atoms with Crippen molar-refractivity contribution in [2.75, 3.05) is 0 Å². The van der Waals surface area contributed by atoms with E-state index in [1.807, 2.05) is 31.2 Å². The number of aromatic amines is 1. The summed E-state index contributed by atoms with van der Waals surface area (Å²) in [6.45, 7) is 1.91. The van der Waals surface area contributed by atoms with Crippen LogP contribution in [0.25, 0.3) is 22.0 Å². The summed E-state index contributed by atoms with van der Waals surface area (Å²) in [5, 5.41) is 11.1. The molecule has 0 spiro atoms. The van der Waals surface area contributed by atoms with Crippen molar-refractivity contribution in [3.8, 4) is 11.1 Å². The van der Waals surface area contributed by atoms with Gasteiger partial charge in [0.25, 0.3) is 5.56 Å². The molecule has 0 amide bonds. The zero-order valence-electron chi connectivity index (χ0n) is 14.1. The van der Waals surface area contributed by atoms with Crippen molar-refractivity contribution < 1.29 is 9.90 Å². The van der Waals surface area contributed by atoms with Crippen LogP contribution in [-0.2, 0) is 4.79 Å². The number of carboxylic acid groups (broad SMARTS) is 1. The monoisotopic (exact) mass is 433 g/mol. The number of benzene rings is 2. The van der Waals surface area contributed by atoms with Gasteiger partial charge in [-0.05, 0) is 42.3 Å². The zero-order valence-corrected chi connectivity index (χ0v) is 16.4. The van der Waals surface area contributed by atoms with Crippen LogP contribution in [0.2, 0.25) is 5.02 Å². The molecule has 2 aromatic carbocycles. The van der Waals surface area contributed by atoms with E-state index in [0.717, 1.165) is 15.4 Å². The molecule has 1 heterocycles. The first-order chi connectivity index (χ1) is 12.4. The number of fused-ring (bicyclic) bond motifs is 1. The summed E-state index contributed by atoms with van der Waals surface area (Å²) >= 11 is 9.47. The summed E-state index contributed by atoms with van der Waals surface area (Å²) in [5.74, 6) is -1.88. The predicted octanol–water partition coefficient (Wildman–Crippen LogP) is 5.58. The Morgan fingerprint density at radius 2 is 1.92 bits per heavy atom. The average molecular weight is 435 g/mol. The van der Waals surface area contributed by atoms with Crippen molar-refractivity contribution in [1.82, 2.24) is 4.98 Å². The normalized spacial score (nSPS) is 12.3. The summed E-state index contributed by atoms with van der Waals surface area (Å²) in [6, 6.07) is 12.6. The van der Waals surface area contributed by atoms with E-state index in [9.17, 15) is 14.7 Å². The molecule has 0 aliphatic rings. The highest BCUT2D eigenvalue weighted by Gasteiger charge is 2.27. The number of hydrogen-bond acceptors (Lipinski definition) is 2. The fourth-order valence-corrected chi connectivity index (χ4v) is 3.71. The molecule has 0 aliphatic heterocycles. The predicted molar refractivity (Wildman–Crippen MR) is 108 cm³/mol. The smallest absolute Gasteiger partial charge is 0.311 e. The van der Waals surface area contributed by atoms with E-state index >= 15 is 0 Å². The Morgan fingerprint density at radius 1 is 1.23 bits per heavy atom. The molecule has 0 fully saturated rings. The summed E-state index contributed by atoms with van der Waals surface area (Å²) in [5.41, 5.74) is 1.98. The van der Waals surface area contributed by atoms with Crippen LogP contribution in [0, 0.1) is 0 Å². The third kappa shape index (κ3) is 3.55. The molecule has 1 aromatic heterocycles. The minimum atomic E-state index is -0.998. The maximum atomic E-state index is 12.8. The lowest BCUT2D eigenvalue weighted by molar-refractivity contribution is -0.139. The number of aliphatic carboxylic acids is 1. The van der Waals surface area contributed by atoms with Crippen molar-refractivity contribution in [1.29, 1.82) is 0 Å². The molecular weight excluding hydrogens is 418 g/mol. The van der Waals surface area contributed by atoms with E-state index in [1.54, 1.807) is 18.2 Å². The number of pyridine rings is 1. The first-order valence-corrected chi connectivity index (χ1v) is 9.43. The molecule has 2 N–H and O–H groups in total. The van der Waals surface area contributed by atoms with Gasteiger partial charge in [-0.1, -0.05) is 53.0 Å². The highest BCUT2D eigenvalue weighted by molar-refractivity contribution is 9.10. The van der Waals surface area contributed by atoms with Crippen LogP contribution >= 0.6 is 27.5 Å². The molecule has 3 rings (SSSR count). The van der Waals surface area contributed by atoms with Crippen LogP contribution in [0.5, 0.6) is 0 Å². The van der Waals surface area contributed by atoms with Crippen molar-refractivity contribution in [2.24, 2.45) is 0 Å². The Labute approximate surface area is 164 Å². The Balaban J connectivity index is 2.44. The summed E-state index contributed by atoms with van der Waals surface area (Å²) in [7, 11) is 0. The molecule has 3 aromatic rings. The Bertz CT molecular complexity index is 1030. The molecule has 0 saturated carbocycles. The lowest BCUT2D eigenvalue weighted by atomic mass is 9.86. The third-order valence-electron chi connectivity index (χ3n) is 4.37. The fraction of sp³-hybridized carbons (Fsp3) is 0.200. The van der Waals surface area contributed by atoms with E-state index in [1.165, 1.54) is 0 Å². The highest BCUT2D eigenvalue weighted by atomic mass is 79.9. The first kappa shape index (κ1) is 18.7. The number of hydrogen-bond donors (Lipinski definition) is 2. The van der Waals surface area contributed by atoms with E-state index < -0.39 is 11.9 Å². The third-order valence-corrected chi connectivity index (χ3v) is 5.12. The van der Waals surface area contributed by atoms with E-state index in [-0.39, 0.29) is 11.1 Å². The van der Waals surface area contributed by atoms with Gasteiger partial charge in [-0.3, -0.25) is 9.59 Å². The second-order valence-corrected chi connectivity index (χ2v) is 7.47. The molecule has 134 valence electrons. The zero-order chi connectivity index (χ0) is 18.8. The van der Waals surface area contributed by atoms with Gasteiger partial charge < -0.3 is 10.1 Å².